The maximum Gasteiger partial charge on any atom is 0.165 e. The van der Waals surface area contributed by atoms with Crippen LogP contribution in [0.3, 0.4) is 0 Å². The summed E-state index contributed by atoms with van der Waals surface area (Å²) in [5, 5.41) is 5.42. The van der Waals surface area contributed by atoms with Crippen molar-refractivity contribution in [1.29, 1.82) is 0 Å². The number of fused-ring (bicyclic) bond motifs is 1. The van der Waals surface area contributed by atoms with E-state index in [1.165, 1.54) is 0 Å². The quantitative estimate of drug-likeness (QED) is 0.493. The number of hydrogen-bond acceptors (Lipinski definition) is 6. The minimum absolute atomic E-state index is 0.249. The Balaban J connectivity index is 0.000000601. The van der Waals surface area contributed by atoms with Gasteiger partial charge in [0.25, 0.3) is 0 Å². The number of ether oxygens (including phenoxy) is 1. The Labute approximate surface area is 197 Å². The van der Waals surface area contributed by atoms with Crippen LogP contribution in [0.4, 0.5) is 5.82 Å². The first-order chi connectivity index (χ1) is 15.8. The third-order valence-electron chi connectivity index (χ3n) is 5.59. The average Bonchev–Trinajstić information content (AvgIpc) is 3.40. The molecule has 160 valence electrons. The molecule has 5 heterocycles. The van der Waals surface area contributed by atoms with Crippen LogP contribution in [-0.2, 0) is 11.8 Å². The van der Waals surface area contributed by atoms with Gasteiger partial charge in [0.2, 0.25) is 0 Å². The molecule has 0 aliphatic carbocycles. The van der Waals surface area contributed by atoms with Crippen LogP contribution in [0, 0.1) is 6.92 Å². The maximum absolute atomic E-state index is 5.62. The molecule has 0 spiro atoms. The van der Waals surface area contributed by atoms with Crippen molar-refractivity contribution in [3.63, 3.8) is 0 Å². The summed E-state index contributed by atoms with van der Waals surface area (Å²) in [6.45, 7) is 6.39. The third kappa shape index (κ3) is 5.00. The molecule has 0 amide bonds. The molecular formula is C21H23B4N7O. The number of rotatable bonds is 3. The zero-order chi connectivity index (χ0) is 23.5. The number of aromatic nitrogens is 6. The Morgan fingerprint density at radius 2 is 1.97 bits per heavy atom. The number of morpholine rings is 1. The van der Waals surface area contributed by atoms with Crippen molar-refractivity contribution in [1.82, 2.24) is 29.7 Å². The van der Waals surface area contributed by atoms with E-state index in [9.17, 15) is 0 Å². The van der Waals surface area contributed by atoms with Crippen molar-refractivity contribution in [3.8, 4) is 22.6 Å². The van der Waals surface area contributed by atoms with E-state index < -0.39 is 6.39 Å². The maximum atomic E-state index is 5.62. The fourth-order valence-corrected chi connectivity index (χ4v) is 3.81. The molecule has 12 heteroatoms. The molecule has 1 N–H and O–H groups in total. The highest BCUT2D eigenvalue weighted by Gasteiger charge is 2.23. The molecule has 1 fully saturated rings. The predicted molar refractivity (Wildman–Crippen MR) is 135 cm³/mol. The summed E-state index contributed by atoms with van der Waals surface area (Å²) in [6, 6.07) is 6.36. The van der Waals surface area contributed by atoms with Crippen LogP contribution in [0.5, 0.6) is 0 Å². The summed E-state index contributed by atoms with van der Waals surface area (Å²) in [7, 11) is 15.9. The number of aromatic amines is 1. The molecule has 33 heavy (non-hydrogen) atoms. The number of nitrogens with one attached hydrogen (secondary N) is 1. The molecule has 0 bridgehead atoms. The first-order valence-corrected chi connectivity index (χ1v) is 10.8. The Hall–Kier alpha value is -3.00. The number of anilines is 1. The van der Waals surface area contributed by atoms with Gasteiger partial charge in [-0.3, -0.25) is 4.68 Å². The molecule has 0 unspecified atom stereocenters. The van der Waals surface area contributed by atoms with Crippen molar-refractivity contribution >= 4 is 46.4 Å². The number of hydrogen-bond donors (Lipinski definition) is 1. The summed E-state index contributed by atoms with van der Waals surface area (Å²) < 4.78 is 7.47. The molecule has 1 atom stereocenters. The van der Waals surface area contributed by atoms with Crippen LogP contribution in [0.1, 0.15) is 12.6 Å². The van der Waals surface area contributed by atoms with Gasteiger partial charge in [0, 0.05) is 78.3 Å². The standard InChI is InChI=1S/C21H23N7O.B4/c1-13-12-29-9-8-28(13)19-10-18(15-4-6-22-20-16(15)5-7-23-20)25-21(26-19)17-11-24-27(3)14(17)2;1-4(2)3/h4-7,10-11,13H,8-9,12H2,1-3H3,(H,22,23);/t13-;/m1./s1. The van der Waals surface area contributed by atoms with Crippen molar-refractivity contribution in [2.75, 3.05) is 24.7 Å². The lowest BCUT2D eigenvalue weighted by molar-refractivity contribution is 0.0985. The number of nitrogens with zero attached hydrogens (tertiary/aromatic N) is 6. The highest BCUT2D eigenvalue weighted by molar-refractivity contribution is 7.49. The SMILES string of the molecule is Cc1c(-c2nc(-c3ccnc4[nH]ccc34)cc(N3CCOC[C@H]3C)n2)cnn1C.[B]B([B])[B]. The largest absolute Gasteiger partial charge is 0.377 e. The molecule has 4 aromatic rings. The molecule has 4 aromatic heterocycles. The molecule has 0 aromatic carbocycles. The third-order valence-corrected chi connectivity index (χ3v) is 5.59. The second kappa shape index (κ2) is 9.87. The molecular weight excluding hydrogens is 410 g/mol. The summed E-state index contributed by atoms with van der Waals surface area (Å²) in [4.78, 5) is 19.7. The summed E-state index contributed by atoms with van der Waals surface area (Å²) in [5.41, 5.74) is 4.73. The highest BCUT2D eigenvalue weighted by atomic mass is 16.5. The van der Waals surface area contributed by atoms with Gasteiger partial charge in [0.05, 0.1) is 36.7 Å². The van der Waals surface area contributed by atoms with Gasteiger partial charge < -0.3 is 14.6 Å². The van der Waals surface area contributed by atoms with Crippen LogP contribution >= 0.6 is 0 Å². The van der Waals surface area contributed by atoms with Crippen molar-refractivity contribution in [2.24, 2.45) is 7.05 Å². The Morgan fingerprint density at radius 3 is 2.67 bits per heavy atom. The van der Waals surface area contributed by atoms with E-state index >= 15 is 0 Å². The van der Waals surface area contributed by atoms with Crippen LogP contribution in [0.2, 0.25) is 0 Å². The monoisotopic (exact) mass is 433 g/mol. The molecule has 0 saturated carbocycles. The van der Waals surface area contributed by atoms with Gasteiger partial charge in [-0.25, -0.2) is 15.0 Å². The highest BCUT2D eigenvalue weighted by Crippen LogP contribution is 2.31. The fraction of sp³-hybridized carbons (Fsp3) is 0.333. The molecule has 1 saturated heterocycles. The van der Waals surface area contributed by atoms with Crippen molar-refractivity contribution in [2.45, 2.75) is 19.9 Å². The predicted octanol–water partition coefficient (Wildman–Crippen LogP) is 1.43. The summed E-state index contributed by atoms with van der Waals surface area (Å²) in [6.07, 6.45) is 4.88. The van der Waals surface area contributed by atoms with E-state index in [0.29, 0.717) is 19.0 Å². The first-order valence-electron chi connectivity index (χ1n) is 10.8. The van der Waals surface area contributed by atoms with Crippen LogP contribution < -0.4 is 4.90 Å². The van der Waals surface area contributed by atoms with Crippen molar-refractivity contribution in [3.05, 3.63) is 42.5 Å². The average molecular weight is 433 g/mol. The van der Waals surface area contributed by atoms with Crippen LogP contribution in [0.25, 0.3) is 33.7 Å². The lowest BCUT2D eigenvalue weighted by Gasteiger charge is -2.34. The second-order valence-electron chi connectivity index (χ2n) is 8.00. The molecule has 1 aliphatic rings. The van der Waals surface area contributed by atoms with Gasteiger partial charge in [-0.05, 0) is 26.0 Å². The molecule has 6 radical (unpaired) electrons. The van der Waals surface area contributed by atoms with Gasteiger partial charge in [-0.15, -0.1) is 0 Å². The number of aryl methyl sites for hydroxylation is 1. The Kier molecular flexibility index (Phi) is 6.93. The minimum Gasteiger partial charge on any atom is -0.377 e. The minimum atomic E-state index is -0.667. The second-order valence-corrected chi connectivity index (χ2v) is 8.00. The van der Waals surface area contributed by atoms with Gasteiger partial charge in [-0.2, -0.15) is 5.10 Å². The fourth-order valence-electron chi connectivity index (χ4n) is 3.81. The molecule has 1 aliphatic heterocycles. The van der Waals surface area contributed by atoms with E-state index in [4.69, 9.17) is 14.7 Å². The summed E-state index contributed by atoms with van der Waals surface area (Å²) >= 11 is 0. The van der Waals surface area contributed by atoms with Gasteiger partial charge >= 0.3 is 0 Å². The van der Waals surface area contributed by atoms with Gasteiger partial charge in [0.15, 0.2) is 5.82 Å². The number of H-pyrrole nitrogens is 1. The first kappa shape index (κ1) is 23.2. The molecule has 5 rings (SSSR count). The Morgan fingerprint density at radius 1 is 1.18 bits per heavy atom. The van der Waals surface area contributed by atoms with Crippen molar-refractivity contribution < 1.29 is 4.74 Å². The Bertz CT molecular complexity index is 1240. The van der Waals surface area contributed by atoms with E-state index in [0.717, 1.165) is 45.9 Å². The summed E-state index contributed by atoms with van der Waals surface area (Å²) in [5.74, 6) is 1.59. The lowest BCUT2D eigenvalue weighted by Crippen LogP contribution is -2.44. The molecule has 8 nitrogen and oxygen atoms in total. The number of pyridine rings is 1. The smallest absolute Gasteiger partial charge is 0.165 e. The zero-order valence-corrected chi connectivity index (χ0v) is 19.1. The van der Waals surface area contributed by atoms with Gasteiger partial charge in [-0.1, -0.05) is 0 Å². The van der Waals surface area contributed by atoms with E-state index in [2.05, 4.69) is 56.2 Å². The van der Waals surface area contributed by atoms with Gasteiger partial charge in [0.1, 0.15) is 11.5 Å². The van der Waals surface area contributed by atoms with E-state index in [1.807, 2.05) is 49.4 Å². The topological polar surface area (TPSA) is 84.8 Å². The van der Waals surface area contributed by atoms with E-state index in [1.54, 1.807) is 0 Å². The van der Waals surface area contributed by atoms with E-state index in [-0.39, 0.29) is 6.04 Å². The normalized spacial score (nSPS) is 15.8. The zero-order valence-electron chi connectivity index (χ0n) is 19.1. The lowest BCUT2D eigenvalue weighted by atomic mass is 9.08. The van der Waals surface area contributed by atoms with Crippen LogP contribution in [0.15, 0.2) is 36.8 Å². The van der Waals surface area contributed by atoms with Crippen LogP contribution in [-0.4, -0.2) is 85.1 Å².